The SMILES string of the molecule is C=CC(=O)N(C)C1CC(C)(Oc2nc(-c3cnn(C)c3)cn3nccc23)C1.O=C(O)CC(O)(CC(=O)O)C(=O)O. The quantitative estimate of drug-likeness (QED) is 0.255. The van der Waals surface area contributed by atoms with Gasteiger partial charge in [-0.1, -0.05) is 6.58 Å². The molecule has 1 aliphatic carbocycles. The predicted octanol–water partition coefficient (Wildman–Crippen LogP) is 0.826. The molecule has 0 aromatic carbocycles. The summed E-state index contributed by atoms with van der Waals surface area (Å²) in [4.78, 5) is 48.7. The summed E-state index contributed by atoms with van der Waals surface area (Å²) in [6.07, 6.45) is 7.77. The van der Waals surface area contributed by atoms with Crippen molar-refractivity contribution in [2.45, 2.75) is 49.9 Å². The molecule has 3 aromatic heterocycles. The van der Waals surface area contributed by atoms with Crippen LogP contribution in [0.5, 0.6) is 5.88 Å². The second kappa shape index (κ2) is 11.5. The van der Waals surface area contributed by atoms with E-state index in [1.807, 2.05) is 32.4 Å². The minimum Gasteiger partial charge on any atom is -0.481 e. The molecule has 1 saturated carbocycles. The van der Waals surface area contributed by atoms with Gasteiger partial charge in [0, 0.05) is 44.7 Å². The van der Waals surface area contributed by atoms with Crippen LogP contribution in [-0.4, -0.2) is 97.8 Å². The molecule has 4 N–H and O–H groups in total. The zero-order valence-electron chi connectivity index (χ0n) is 22.1. The van der Waals surface area contributed by atoms with Crippen LogP contribution in [0.1, 0.15) is 32.6 Å². The molecule has 3 aromatic rings. The van der Waals surface area contributed by atoms with E-state index in [0.717, 1.165) is 29.6 Å². The lowest BCUT2D eigenvalue weighted by Crippen LogP contribution is -2.56. The number of hydrogen-bond donors (Lipinski definition) is 4. The molecule has 40 heavy (non-hydrogen) atoms. The van der Waals surface area contributed by atoms with Crippen molar-refractivity contribution in [1.82, 2.24) is 29.3 Å². The van der Waals surface area contributed by atoms with Gasteiger partial charge in [-0.2, -0.15) is 10.2 Å². The first-order valence-corrected chi connectivity index (χ1v) is 12.0. The lowest BCUT2D eigenvalue weighted by Gasteiger charge is -2.48. The number of rotatable bonds is 10. The van der Waals surface area contributed by atoms with Gasteiger partial charge in [0.2, 0.25) is 11.8 Å². The third-order valence-corrected chi connectivity index (χ3v) is 6.39. The highest BCUT2D eigenvalue weighted by Gasteiger charge is 2.46. The van der Waals surface area contributed by atoms with Crippen LogP contribution >= 0.6 is 0 Å². The molecule has 4 rings (SSSR count). The largest absolute Gasteiger partial charge is 0.481 e. The van der Waals surface area contributed by atoms with Crippen molar-refractivity contribution in [3.05, 3.63) is 43.5 Å². The molecule has 15 heteroatoms. The van der Waals surface area contributed by atoms with E-state index in [1.54, 1.807) is 33.5 Å². The van der Waals surface area contributed by atoms with Gasteiger partial charge in [0.1, 0.15) is 11.1 Å². The molecule has 3 heterocycles. The topological polar surface area (TPSA) is 210 Å². The van der Waals surface area contributed by atoms with Gasteiger partial charge in [-0.25, -0.2) is 14.3 Å². The lowest BCUT2D eigenvalue weighted by molar-refractivity contribution is -0.170. The molecule has 0 radical (unpaired) electrons. The van der Waals surface area contributed by atoms with E-state index in [-0.39, 0.29) is 17.6 Å². The maximum absolute atomic E-state index is 11.8. The van der Waals surface area contributed by atoms with Crippen molar-refractivity contribution in [3.8, 4) is 17.1 Å². The highest BCUT2D eigenvalue weighted by Crippen LogP contribution is 2.40. The molecule has 214 valence electrons. The Hall–Kier alpha value is -4.79. The van der Waals surface area contributed by atoms with Gasteiger partial charge >= 0.3 is 17.9 Å². The summed E-state index contributed by atoms with van der Waals surface area (Å²) in [5.41, 5.74) is -0.674. The number of aliphatic hydroxyl groups is 1. The van der Waals surface area contributed by atoms with Gasteiger partial charge in [0.05, 0.1) is 37.1 Å². The fraction of sp³-hybridized carbons (Fsp3) is 0.400. The monoisotopic (exact) mass is 558 g/mol. The van der Waals surface area contributed by atoms with E-state index in [1.165, 1.54) is 6.08 Å². The third-order valence-electron chi connectivity index (χ3n) is 6.39. The number of hydrogen-bond acceptors (Lipinski definition) is 9. The minimum absolute atomic E-state index is 0.0723. The Morgan fingerprint density at radius 1 is 1.18 bits per heavy atom. The fourth-order valence-electron chi connectivity index (χ4n) is 4.23. The number of ether oxygens (including phenoxy) is 1. The number of fused-ring (bicyclic) bond motifs is 1. The summed E-state index contributed by atoms with van der Waals surface area (Å²) >= 11 is 0. The Morgan fingerprint density at radius 3 is 2.30 bits per heavy atom. The van der Waals surface area contributed by atoms with Crippen LogP contribution in [0.15, 0.2) is 43.5 Å². The number of carboxylic acid groups (broad SMARTS) is 3. The Labute approximate surface area is 227 Å². The fourth-order valence-corrected chi connectivity index (χ4v) is 4.23. The average Bonchev–Trinajstić information content (AvgIpc) is 3.49. The van der Waals surface area contributed by atoms with Crippen molar-refractivity contribution >= 4 is 29.3 Å². The average molecular weight is 559 g/mol. The van der Waals surface area contributed by atoms with Crippen LogP contribution in [0.4, 0.5) is 0 Å². The number of carbonyl (C=O) groups excluding carboxylic acids is 1. The van der Waals surface area contributed by atoms with Gasteiger partial charge in [-0.3, -0.25) is 19.1 Å². The Balaban J connectivity index is 0.000000289. The zero-order valence-corrected chi connectivity index (χ0v) is 22.1. The molecule has 0 atom stereocenters. The number of amides is 1. The van der Waals surface area contributed by atoms with Crippen molar-refractivity contribution in [2.75, 3.05) is 7.05 Å². The van der Waals surface area contributed by atoms with Gasteiger partial charge in [0.25, 0.3) is 0 Å². The molecule has 0 spiro atoms. The Bertz CT molecular complexity index is 1420. The van der Waals surface area contributed by atoms with E-state index in [9.17, 15) is 19.2 Å². The number of nitrogens with zero attached hydrogens (tertiary/aromatic N) is 6. The summed E-state index contributed by atoms with van der Waals surface area (Å²) in [5.74, 6) is -4.56. The Kier molecular flexibility index (Phi) is 8.58. The number of aromatic nitrogens is 5. The maximum atomic E-state index is 11.8. The number of carboxylic acids is 3. The van der Waals surface area contributed by atoms with Gasteiger partial charge in [0.15, 0.2) is 5.60 Å². The van der Waals surface area contributed by atoms with Crippen LogP contribution < -0.4 is 4.74 Å². The molecule has 1 amide bonds. The van der Waals surface area contributed by atoms with E-state index in [2.05, 4.69) is 16.8 Å². The van der Waals surface area contributed by atoms with Crippen molar-refractivity contribution in [2.24, 2.45) is 7.05 Å². The highest BCUT2D eigenvalue weighted by molar-refractivity contribution is 5.88. The van der Waals surface area contributed by atoms with Crippen LogP contribution in [0.3, 0.4) is 0 Å². The van der Waals surface area contributed by atoms with Gasteiger partial charge in [-0.05, 0) is 19.1 Å². The molecule has 0 unspecified atom stereocenters. The number of aliphatic carboxylic acids is 3. The van der Waals surface area contributed by atoms with Crippen LogP contribution in [0.25, 0.3) is 16.8 Å². The van der Waals surface area contributed by atoms with Crippen molar-refractivity contribution < 1.29 is 44.3 Å². The first kappa shape index (κ1) is 29.8. The third kappa shape index (κ3) is 6.79. The minimum atomic E-state index is -2.74. The predicted molar refractivity (Wildman–Crippen MR) is 137 cm³/mol. The number of aryl methyl sites for hydroxylation is 1. The van der Waals surface area contributed by atoms with E-state index in [4.69, 9.17) is 30.1 Å². The maximum Gasteiger partial charge on any atom is 0.336 e. The van der Waals surface area contributed by atoms with E-state index < -0.39 is 36.4 Å². The second-order valence-corrected chi connectivity index (χ2v) is 9.74. The first-order valence-electron chi connectivity index (χ1n) is 12.0. The molecule has 0 bridgehead atoms. The van der Waals surface area contributed by atoms with E-state index >= 15 is 0 Å². The number of carbonyl (C=O) groups is 4. The molecular formula is C25H30N6O9. The summed E-state index contributed by atoms with van der Waals surface area (Å²) in [7, 11) is 3.66. The summed E-state index contributed by atoms with van der Waals surface area (Å²) in [6, 6.07) is 2.02. The highest BCUT2D eigenvalue weighted by atomic mass is 16.5. The smallest absolute Gasteiger partial charge is 0.336 e. The second-order valence-electron chi connectivity index (χ2n) is 9.74. The molecule has 1 fully saturated rings. The number of likely N-dealkylation sites (N-methyl/N-ethyl adjacent to an activating group) is 1. The summed E-state index contributed by atoms with van der Waals surface area (Å²) < 4.78 is 9.80. The summed E-state index contributed by atoms with van der Waals surface area (Å²) in [6.45, 7) is 5.59. The van der Waals surface area contributed by atoms with Crippen LogP contribution in [0, 0.1) is 0 Å². The standard InChI is InChI=1S/C19H22N6O2.C6H8O7/c1-5-17(26)24(4)14-8-19(2,9-14)27-18-16-6-7-20-25(16)12-15(22-18)13-10-21-23(3)11-13;7-3(8)1-6(13,5(11)12)2-4(9)10/h5-7,10-12,14H,1,8-9H2,2-4H3;13H,1-2H2,(H,7,8)(H,9,10)(H,11,12). The molecule has 1 aliphatic rings. The summed E-state index contributed by atoms with van der Waals surface area (Å²) in [5, 5.41) is 42.3. The first-order chi connectivity index (χ1) is 18.7. The van der Waals surface area contributed by atoms with Gasteiger partial charge < -0.3 is 30.1 Å². The normalized spacial score (nSPS) is 18.1. The molecule has 0 saturated heterocycles. The van der Waals surface area contributed by atoms with Crippen LogP contribution in [0.2, 0.25) is 0 Å². The molecule has 15 nitrogen and oxygen atoms in total. The molecule has 0 aliphatic heterocycles. The molecular weight excluding hydrogens is 528 g/mol. The lowest BCUT2D eigenvalue weighted by atomic mass is 9.76. The van der Waals surface area contributed by atoms with Crippen molar-refractivity contribution in [1.29, 1.82) is 0 Å². The zero-order chi connectivity index (χ0) is 29.8. The van der Waals surface area contributed by atoms with Crippen molar-refractivity contribution in [3.63, 3.8) is 0 Å². The van der Waals surface area contributed by atoms with E-state index in [0.29, 0.717) is 5.88 Å². The van der Waals surface area contributed by atoms with Gasteiger partial charge in [-0.15, -0.1) is 0 Å². The van der Waals surface area contributed by atoms with Crippen LogP contribution in [-0.2, 0) is 26.2 Å². The Morgan fingerprint density at radius 2 is 1.80 bits per heavy atom.